The third-order valence-electron chi connectivity index (χ3n) is 4.21. The van der Waals surface area contributed by atoms with Crippen LogP contribution in [0.3, 0.4) is 0 Å². The van der Waals surface area contributed by atoms with Crippen LogP contribution in [-0.4, -0.2) is 46.8 Å². The van der Waals surface area contributed by atoms with E-state index < -0.39 is 23.7 Å². The maximum Gasteiger partial charge on any atom is 0.411 e. The zero-order chi connectivity index (χ0) is 15.7. The second-order valence-electron chi connectivity index (χ2n) is 5.90. The predicted octanol–water partition coefficient (Wildman–Crippen LogP) is 2.37. The van der Waals surface area contributed by atoms with Crippen molar-refractivity contribution in [3.8, 4) is 0 Å². The predicted molar refractivity (Wildman–Crippen MR) is 67.7 cm³/mol. The number of nitrogens with one attached hydrogen (secondary N) is 1. The number of carbonyl (C=O) groups is 2. The van der Waals surface area contributed by atoms with Crippen molar-refractivity contribution in [1.29, 1.82) is 0 Å². The third kappa shape index (κ3) is 3.79. The molecule has 0 aromatic rings. The van der Waals surface area contributed by atoms with Gasteiger partial charge in [-0.25, -0.2) is 4.79 Å². The van der Waals surface area contributed by atoms with Gasteiger partial charge in [-0.3, -0.25) is 4.79 Å². The highest BCUT2D eigenvalue weighted by molar-refractivity contribution is 5.76. The van der Waals surface area contributed by atoms with Gasteiger partial charge in [0, 0.05) is 19.5 Å². The lowest BCUT2D eigenvalue weighted by Crippen LogP contribution is -2.54. The van der Waals surface area contributed by atoms with E-state index in [4.69, 9.17) is 5.11 Å². The van der Waals surface area contributed by atoms with Crippen LogP contribution >= 0.6 is 0 Å². The van der Waals surface area contributed by atoms with Gasteiger partial charge in [-0.2, -0.15) is 13.2 Å². The van der Waals surface area contributed by atoms with E-state index in [0.717, 1.165) is 6.42 Å². The Morgan fingerprint density at radius 3 is 2.52 bits per heavy atom. The van der Waals surface area contributed by atoms with E-state index in [0.29, 0.717) is 25.9 Å². The molecule has 1 heterocycles. The van der Waals surface area contributed by atoms with Gasteiger partial charge >= 0.3 is 18.2 Å². The van der Waals surface area contributed by atoms with Crippen molar-refractivity contribution in [2.45, 2.75) is 50.2 Å². The number of hydrogen-bond donors (Lipinski definition) is 2. The third-order valence-corrected chi connectivity index (χ3v) is 4.21. The van der Waals surface area contributed by atoms with Gasteiger partial charge in [0.2, 0.25) is 0 Å². The number of aliphatic carboxylic acids is 1. The van der Waals surface area contributed by atoms with E-state index in [2.05, 4.69) is 5.32 Å². The molecule has 2 aliphatic rings. The number of likely N-dealkylation sites (tertiary alicyclic amines) is 1. The van der Waals surface area contributed by atoms with Crippen molar-refractivity contribution in [2.75, 3.05) is 13.1 Å². The number of carboxylic acid groups (broad SMARTS) is 1. The van der Waals surface area contributed by atoms with Gasteiger partial charge in [-0.1, -0.05) is 0 Å². The van der Waals surface area contributed by atoms with Crippen LogP contribution in [0.25, 0.3) is 0 Å². The highest BCUT2D eigenvalue weighted by Crippen LogP contribution is 2.49. The molecule has 0 aromatic heterocycles. The Balaban J connectivity index is 1.86. The van der Waals surface area contributed by atoms with Crippen LogP contribution in [0.5, 0.6) is 0 Å². The van der Waals surface area contributed by atoms with Crippen LogP contribution < -0.4 is 5.32 Å². The molecule has 2 amide bonds. The molecule has 0 bridgehead atoms. The maximum absolute atomic E-state index is 12.8. The van der Waals surface area contributed by atoms with Gasteiger partial charge in [0.25, 0.3) is 0 Å². The summed E-state index contributed by atoms with van der Waals surface area (Å²) < 4.78 is 38.4. The summed E-state index contributed by atoms with van der Waals surface area (Å²) in [4.78, 5) is 23.9. The Hall–Kier alpha value is -1.47. The molecule has 0 radical (unpaired) electrons. The molecule has 1 saturated heterocycles. The fraction of sp³-hybridized carbons (Fsp3) is 0.846. The number of carbonyl (C=O) groups excluding carboxylic acids is 1. The van der Waals surface area contributed by atoms with E-state index in [-0.39, 0.29) is 25.2 Å². The summed E-state index contributed by atoms with van der Waals surface area (Å²) in [7, 11) is 0. The summed E-state index contributed by atoms with van der Waals surface area (Å²) >= 11 is 0. The van der Waals surface area contributed by atoms with Gasteiger partial charge in [0.1, 0.15) is 5.54 Å². The second kappa shape index (κ2) is 5.73. The maximum atomic E-state index is 12.8. The Bertz CT molecular complexity index is 421. The summed E-state index contributed by atoms with van der Waals surface area (Å²) in [5, 5.41) is 10.8. The molecule has 0 aromatic carbocycles. The number of nitrogens with zero attached hydrogens (tertiary/aromatic N) is 1. The molecule has 21 heavy (non-hydrogen) atoms. The standard InChI is InChI=1S/C13H19F3N2O3/c14-13(15,16)12(5-6-12)17-11(21)18-7-1-2-9(8-18)3-4-10(19)20/h9H,1-8H2,(H,17,21)(H,19,20). The molecule has 2 N–H and O–H groups in total. The smallest absolute Gasteiger partial charge is 0.411 e. The summed E-state index contributed by atoms with van der Waals surface area (Å²) in [6.07, 6.45) is -2.59. The van der Waals surface area contributed by atoms with Crippen LogP contribution in [0.2, 0.25) is 0 Å². The molecule has 1 atom stereocenters. The normalized spacial score (nSPS) is 24.5. The molecule has 1 unspecified atom stereocenters. The van der Waals surface area contributed by atoms with E-state index in [9.17, 15) is 22.8 Å². The summed E-state index contributed by atoms with van der Waals surface area (Å²) in [6.45, 7) is 0.746. The van der Waals surface area contributed by atoms with E-state index in [1.165, 1.54) is 4.90 Å². The zero-order valence-electron chi connectivity index (χ0n) is 11.6. The molecular formula is C13H19F3N2O3. The molecule has 2 rings (SSSR count). The highest BCUT2D eigenvalue weighted by atomic mass is 19.4. The largest absolute Gasteiger partial charge is 0.481 e. The molecule has 1 saturated carbocycles. The van der Waals surface area contributed by atoms with Crippen molar-refractivity contribution in [3.05, 3.63) is 0 Å². The van der Waals surface area contributed by atoms with Crippen LogP contribution in [-0.2, 0) is 4.79 Å². The molecular weight excluding hydrogens is 289 g/mol. The van der Waals surface area contributed by atoms with E-state index in [1.807, 2.05) is 0 Å². The lowest BCUT2D eigenvalue weighted by atomic mass is 9.93. The number of amides is 2. The number of carboxylic acids is 1. The van der Waals surface area contributed by atoms with Crippen molar-refractivity contribution in [2.24, 2.45) is 5.92 Å². The average molecular weight is 308 g/mol. The molecule has 8 heteroatoms. The number of alkyl halides is 3. The van der Waals surface area contributed by atoms with Crippen molar-refractivity contribution in [3.63, 3.8) is 0 Å². The Labute approximate surface area is 120 Å². The van der Waals surface area contributed by atoms with Gasteiger partial charge in [-0.15, -0.1) is 0 Å². The first kappa shape index (κ1) is 15.9. The van der Waals surface area contributed by atoms with Gasteiger partial charge in [0.15, 0.2) is 0 Å². The lowest BCUT2D eigenvalue weighted by Gasteiger charge is -2.34. The van der Waals surface area contributed by atoms with Crippen LogP contribution in [0.4, 0.5) is 18.0 Å². The Morgan fingerprint density at radius 2 is 2.00 bits per heavy atom. The van der Waals surface area contributed by atoms with Crippen molar-refractivity contribution < 1.29 is 27.9 Å². The van der Waals surface area contributed by atoms with Gasteiger partial charge < -0.3 is 15.3 Å². The second-order valence-corrected chi connectivity index (χ2v) is 5.90. The molecule has 2 fully saturated rings. The minimum absolute atomic E-state index is 0.0205. The van der Waals surface area contributed by atoms with Crippen molar-refractivity contribution in [1.82, 2.24) is 10.2 Å². The molecule has 0 spiro atoms. The monoisotopic (exact) mass is 308 g/mol. The molecule has 120 valence electrons. The number of rotatable bonds is 4. The average Bonchev–Trinajstić information content (AvgIpc) is 3.17. The molecule has 5 nitrogen and oxygen atoms in total. The van der Waals surface area contributed by atoms with Crippen molar-refractivity contribution >= 4 is 12.0 Å². The van der Waals surface area contributed by atoms with Gasteiger partial charge in [0.05, 0.1) is 0 Å². The minimum Gasteiger partial charge on any atom is -0.481 e. The van der Waals surface area contributed by atoms with E-state index in [1.54, 1.807) is 0 Å². The lowest BCUT2D eigenvalue weighted by molar-refractivity contribution is -0.163. The topological polar surface area (TPSA) is 69.6 Å². The number of urea groups is 1. The van der Waals surface area contributed by atoms with Crippen LogP contribution in [0, 0.1) is 5.92 Å². The highest BCUT2D eigenvalue weighted by Gasteiger charge is 2.64. The number of hydrogen-bond acceptors (Lipinski definition) is 2. The zero-order valence-corrected chi connectivity index (χ0v) is 11.6. The number of piperidine rings is 1. The summed E-state index contributed by atoms with van der Waals surface area (Å²) in [5.74, 6) is -0.854. The first-order valence-electron chi connectivity index (χ1n) is 7.09. The molecule has 1 aliphatic carbocycles. The minimum atomic E-state index is -4.42. The molecule has 1 aliphatic heterocycles. The first-order valence-corrected chi connectivity index (χ1v) is 7.09. The van der Waals surface area contributed by atoms with E-state index >= 15 is 0 Å². The Morgan fingerprint density at radius 1 is 1.33 bits per heavy atom. The fourth-order valence-electron chi connectivity index (χ4n) is 2.70. The summed E-state index contributed by atoms with van der Waals surface area (Å²) in [5.41, 5.74) is -2.04. The SMILES string of the molecule is O=C(O)CCC1CCCN(C(=O)NC2(C(F)(F)F)CC2)C1. The van der Waals surface area contributed by atoms with Gasteiger partial charge in [-0.05, 0) is 38.0 Å². The summed E-state index contributed by atoms with van der Waals surface area (Å²) in [6, 6.07) is -0.690. The quantitative estimate of drug-likeness (QED) is 0.837. The van der Waals surface area contributed by atoms with Crippen LogP contribution in [0.1, 0.15) is 38.5 Å². The fourth-order valence-corrected chi connectivity index (χ4v) is 2.70. The number of halogens is 3. The van der Waals surface area contributed by atoms with Crippen LogP contribution in [0.15, 0.2) is 0 Å². The first-order chi connectivity index (χ1) is 9.73. The Kier molecular flexibility index (Phi) is 4.34.